The highest BCUT2D eigenvalue weighted by atomic mass is 31.0. The van der Waals surface area contributed by atoms with E-state index in [0.717, 1.165) is 37.7 Å². The van der Waals surface area contributed by atoms with Crippen molar-refractivity contribution < 1.29 is 14.2 Å². The lowest BCUT2D eigenvalue weighted by atomic mass is 9.60. The Kier molecular flexibility index (Phi) is 5.88. The summed E-state index contributed by atoms with van der Waals surface area (Å²) in [5.74, 6) is 1.05. The Hall–Kier alpha value is -0.760. The SMILES string of the molecule is C=C1CC[C@@]2(O)C(=CC[C@]3(C)[C@@H](OP)CC[C@H]32)C=C1[C@@H](C)[C@H](C)C=[N+](C)C. The van der Waals surface area contributed by atoms with E-state index in [9.17, 15) is 5.11 Å². The van der Waals surface area contributed by atoms with Gasteiger partial charge in [0, 0.05) is 26.7 Å². The van der Waals surface area contributed by atoms with Crippen molar-refractivity contribution in [2.75, 3.05) is 14.1 Å². The second-order valence-corrected chi connectivity index (χ2v) is 9.78. The molecule has 0 radical (unpaired) electrons. The monoisotopic (exact) mass is 390 g/mol. The van der Waals surface area contributed by atoms with E-state index < -0.39 is 5.60 Å². The van der Waals surface area contributed by atoms with E-state index in [1.165, 1.54) is 11.1 Å². The molecule has 0 heterocycles. The van der Waals surface area contributed by atoms with Crippen LogP contribution in [0, 0.1) is 23.2 Å². The van der Waals surface area contributed by atoms with Gasteiger partial charge in [0.1, 0.15) is 20.3 Å². The van der Waals surface area contributed by atoms with Crippen LogP contribution in [0.15, 0.2) is 35.5 Å². The maximum atomic E-state index is 11.9. The molecule has 0 aromatic heterocycles. The standard InChI is InChI=1S/C23H37NO2P/c1-15-9-12-23(25)18(13-19(15)17(3)16(2)14-24(5)6)10-11-22(4)20(23)7-8-21(22)26-27/h10,13-14,16-17,20-21,25H,1,7-9,11-12,27H2,2-6H3/q+1/t16-,17+,20-,21+,22+,23-/m1/s1. The molecule has 4 heteroatoms. The van der Waals surface area contributed by atoms with Crippen LogP contribution in [0.3, 0.4) is 0 Å². The molecule has 150 valence electrons. The Bertz CT molecular complexity index is 705. The molecule has 1 fully saturated rings. The van der Waals surface area contributed by atoms with Gasteiger partial charge < -0.3 is 9.63 Å². The maximum absolute atomic E-state index is 11.9. The number of rotatable bonds is 4. The van der Waals surface area contributed by atoms with Crippen molar-refractivity contribution >= 4 is 15.7 Å². The summed E-state index contributed by atoms with van der Waals surface area (Å²) in [6.45, 7) is 11.2. The van der Waals surface area contributed by atoms with E-state index in [0.29, 0.717) is 11.8 Å². The quantitative estimate of drug-likeness (QED) is 0.435. The third-order valence-electron chi connectivity index (χ3n) is 7.59. The zero-order valence-corrected chi connectivity index (χ0v) is 18.8. The van der Waals surface area contributed by atoms with Gasteiger partial charge in [0.2, 0.25) is 0 Å². The van der Waals surface area contributed by atoms with Gasteiger partial charge in [-0.2, -0.15) is 0 Å². The summed E-state index contributed by atoms with van der Waals surface area (Å²) in [6.07, 6.45) is 11.7. The Balaban J connectivity index is 1.99. The maximum Gasteiger partial charge on any atom is 0.142 e. The van der Waals surface area contributed by atoms with Crippen molar-refractivity contribution in [3.8, 4) is 0 Å². The molecule has 3 nitrogen and oxygen atoms in total. The van der Waals surface area contributed by atoms with Crippen LogP contribution in [0.1, 0.15) is 52.9 Å². The fourth-order valence-electron chi connectivity index (χ4n) is 5.79. The molecule has 0 spiro atoms. The smallest absolute Gasteiger partial charge is 0.142 e. The van der Waals surface area contributed by atoms with Crippen LogP contribution in [0.5, 0.6) is 0 Å². The molecule has 1 N–H and O–H groups in total. The van der Waals surface area contributed by atoms with E-state index in [1.807, 2.05) is 0 Å². The van der Waals surface area contributed by atoms with Crippen LogP contribution in [-0.2, 0) is 4.52 Å². The van der Waals surface area contributed by atoms with Crippen LogP contribution in [0.4, 0.5) is 0 Å². The minimum absolute atomic E-state index is 0.0112. The van der Waals surface area contributed by atoms with E-state index in [1.54, 1.807) is 0 Å². The molecule has 3 aliphatic carbocycles. The largest absolute Gasteiger partial charge is 0.385 e. The minimum atomic E-state index is -0.760. The Morgan fingerprint density at radius 3 is 2.70 bits per heavy atom. The Morgan fingerprint density at radius 1 is 1.37 bits per heavy atom. The van der Waals surface area contributed by atoms with Gasteiger partial charge >= 0.3 is 0 Å². The van der Waals surface area contributed by atoms with Gasteiger partial charge in [0.05, 0.1) is 11.7 Å². The molecule has 0 aromatic rings. The average Bonchev–Trinajstić information content (AvgIpc) is 2.89. The van der Waals surface area contributed by atoms with Crippen molar-refractivity contribution in [2.45, 2.75) is 64.6 Å². The molecule has 0 aliphatic heterocycles. The third kappa shape index (κ3) is 3.52. The predicted molar refractivity (Wildman–Crippen MR) is 116 cm³/mol. The highest BCUT2D eigenvalue weighted by Gasteiger charge is 2.58. The van der Waals surface area contributed by atoms with E-state index in [2.05, 4.69) is 73.9 Å². The Labute approximate surface area is 167 Å². The van der Waals surface area contributed by atoms with Gasteiger partial charge in [0.15, 0.2) is 0 Å². The molecule has 0 aromatic carbocycles. The number of hydrogen-bond donors (Lipinski definition) is 1. The zero-order valence-electron chi connectivity index (χ0n) is 17.7. The average molecular weight is 391 g/mol. The molecular weight excluding hydrogens is 353 g/mol. The molecule has 0 bridgehead atoms. The Morgan fingerprint density at radius 2 is 2.07 bits per heavy atom. The second-order valence-electron chi connectivity index (χ2n) is 9.51. The normalized spacial score (nSPS) is 38.1. The summed E-state index contributed by atoms with van der Waals surface area (Å²) < 4.78 is 7.85. The number of fused-ring (bicyclic) bond motifs is 3. The van der Waals surface area contributed by atoms with Crippen LogP contribution >= 0.6 is 9.47 Å². The van der Waals surface area contributed by atoms with Crippen LogP contribution in [-0.4, -0.2) is 41.7 Å². The molecule has 0 saturated heterocycles. The molecule has 3 aliphatic rings. The number of nitrogens with zero attached hydrogens (tertiary/aromatic N) is 1. The van der Waals surface area contributed by atoms with Gasteiger partial charge in [-0.25, -0.2) is 4.58 Å². The first-order valence-corrected chi connectivity index (χ1v) is 10.8. The zero-order chi connectivity index (χ0) is 20.0. The number of aliphatic hydroxyl groups is 1. The van der Waals surface area contributed by atoms with Gasteiger partial charge in [-0.3, -0.25) is 0 Å². The summed E-state index contributed by atoms with van der Waals surface area (Å²) >= 11 is 0. The van der Waals surface area contributed by atoms with Crippen LogP contribution in [0.2, 0.25) is 0 Å². The van der Waals surface area contributed by atoms with Crippen molar-refractivity contribution in [2.24, 2.45) is 23.2 Å². The van der Waals surface area contributed by atoms with Gasteiger partial charge in [-0.1, -0.05) is 45.1 Å². The summed E-state index contributed by atoms with van der Waals surface area (Å²) in [5.41, 5.74) is 2.86. The molecule has 1 unspecified atom stereocenters. The molecule has 0 amide bonds. The number of hydrogen-bond acceptors (Lipinski definition) is 2. The molecule has 7 atom stereocenters. The summed E-state index contributed by atoms with van der Waals surface area (Å²) in [4.78, 5) is 0. The fraction of sp³-hybridized carbons (Fsp3) is 0.696. The number of allylic oxidation sites excluding steroid dienone is 3. The first-order valence-electron chi connectivity index (χ1n) is 10.3. The highest BCUT2D eigenvalue weighted by Crippen LogP contribution is 2.59. The topological polar surface area (TPSA) is 32.5 Å². The molecule has 1 saturated carbocycles. The predicted octanol–water partition coefficient (Wildman–Crippen LogP) is 4.53. The van der Waals surface area contributed by atoms with E-state index in [-0.39, 0.29) is 17.4 Å². The lowest BCUT2D eigenvalue weighted by molar-refractivity contribution is -0.461. The van der Waals surface area contributed by atoms with Crippen molar-refractivity contribution in [3.63, 3.8) is 0 Å². The fourth-order valence-corrected chi connectivity index (χ4v) is 6.23. The van der Waals surface area contributed by atoms with Gasteiger partial charge in [-0.15, -0.1) is 0 Å². The third-order valence-corrected chi connectivity index (χ3v) is 7.92. The van der Waals surface area contributed by atoms with E-state index in [4.69, 9.17) is 4.52 Å². The second kappa shape index (κ2) is 7.58. The van der Waals surface area contributed by atoms with Crippen molar-refractivity contribution in [3.05, 3.63) is 35.5 Å². The molecule has 3 rings (SSSR count). The molecule has 27 heavy (non-hydrogen) atoms. The first kappa shape index (κ1) is 21.0. The summed E-state index contributed by atoms with van der Waals surface area (Å²) in [5, 5.41) is 11.9. The molecular formula is C23H37NO2P+. The van der Waals surface area contributed by atoms with Gasteiger partial charge in [-0.05, 0) is 49.2 Å². The van der Waals surface area contributed by atoms with Gasteiger partial charge in [0.25, 0.3) is 0 Å². The summed E-state index contributed by atoms with van der Waals surface area (Å²) in [6, 6.07) is 0. The summed E-state index contributed by atoms with van der Waals surface area (Å²) in [7, 11) is 6.60. The van der Waals surface area contributed by atoms with Crippen molar-refractivity contribution in [1.82, 2.24) is 0 Å². The van der Waals surface area contributed by atoms with Crippen LogP contribution in [0.25, 0.3) is 0 Å². The highest BCUT2D eigenvalue weighted by molar-refractivity contribution is 7.09. The minimum Gasteiger partial charge on any atom is -0.385 e. The lowest BCUT2D eigenvalue weighted by Gasteiger charge is -2.48. The first-order chi connectivity index (χ1) is 12.6. The lowest BCUT2D eigenvalue weighted by Crippen LogP contribution is -2.50. The van der Waals surface area contributed by atoms with Crippen molar-refractivity contribution in [1.29, 1.82) is 0 Å². The van der Waals surface area contributed by atoms with Crippen LogP contribution < -0.4 is 0 Å². The van der Waals surface area contributed by atoms with E-state index >= 15 is 0 Å².